The van der Waals surface area contributed by atoms with Crippen molar-refractivity contribution in [3.05, 3.63) is 34.6 Å². The molecule has 0 saturated carbocycles. The van der Waals surface area contributed by atoms with E-state index >= 15 is 0 Å². The van der Waals surface area contributed by atoms with Crippen molar-refractivity contribution in [3.63, 3.8) is 0 Å². The fourth-order valence-electron chi connectivity index (χ4n) is 1.54. The van der Waals surface area contributed by atoms with Crippen molar-refractivity contribution in [2.45, 2.75) is 18.9 Å². The number of carbonyl (C=O) groups excluding carboxylic acids is 1. The molecule has 0 aliphatic rings. The van der Waals surface area contributed by atoms with Crippen molar-refractivity contribution >= 4 is 17.5 Å². The third kappa shape index (κ3) is 4.23. The molecule has 1 unspecified atom stereocenters. The normalized spacial score (nSPS) is 12.4. The van der Waals surface area contributed by atoms with Crippen molar-refractivity contribution in [1.82, 2.24) is 5.32 Å². The molecule has 3 N–H and O–H groups in total. The van der Waals surface area contributed by atoms with Gasteiger partial charge in [0.15, 0.2) is 0 Å². The highest BCUT2D eigenvalue weighted by molar-refractivity contribution is 6.30. The molecule has 1 amide bonds. The van der Waals surface area contributed by atoms with E-state index in [1.165, 1.54) is 12.1 Å². The molecule has 0 aliphatic carbocycles. The van der Waals surface area contributed by atoms with Crippen LogP contribution in [-0.4, -0.2) is 25.2 Å². The molecule has 1 aromatic carbocycles. The lowest BCUT2D eigenvalue weighted by Crippen LogP contribution is -2.43. The van der Waals surface area contributed by atoms with Gasteiger partial charge >= 0.3 is 0 Å². The molecular formula is C12H15ClF2N2O. The summed E-state index contributed by atoms with van der Waals surface area (Å²) in [5.41, 5.74) is 5.51. The molecule has 0 saturated heterocycles. The van der Waals surface area contributed by atoms with Crippen LogP contribution in [0.3, 0.4) is 0 Å². The Morgan fingerprint density at radius 2 is 2.22 bits per heavy atom. The van der Waals surface area contributed by atoms with Crippen molar-refractivity contribution in [3.8, 4) is 0 Å². The summed E-state index contributed by atoms with van der Waals surface area (Å²) in [5, 5.41) is 2.79. The average molecular weight is 277 g/mol. The van der Waals surface area contributed by atoms with E-state index in [1.807, 2.05) is 0 Å². The molecular weight excluding hydrogens is 262 g/mol. The van der Waals surface area contributed by atoms with Crippen LogP contribution in [0.15, 0.2) is 18.2 Å². The van der Waals surface area contributed by atoms with E-state index in [-0.39, 0.29) is 17.9 Å². The topological polar surface area (TPSA) is 55.1 Å². The lowest BCUT2D eigenvalue weighted by Gasteiger charge is -2.15. The van der Waals surface area contributed by atoms with E-state index in [2.05, 4.69) is 5.32 Å². The molecule has 0 spiro atoms. The van der Waals surface area contributed by atoms with Gasteiger partial charge in [0.1, 0.15) is 5.82 Å². The number of nitrogens with one attached hydrogen (secondary N) is 1. The van der Waals surface area contributed by atoms with Crippen LogP contribution in [-0.2, 0) is 11.2 Å². The van der Waals surface area contributed by atoms with Gasteiger partial charge in [-0.05, 0) is 31.0 Å². The Balaban J connectivity index is 2.71. The monoisotopic (exact) mass is 276 g/mol. The van der Waals surface area contributed by atoms with E-state index < -0.39 is 24.4 Å². The maximum absolute atomic E-state index is 13.6. The first-order valence-electron chi connectivity index (χ1n) is 5.57. The first-order chi connectivity index (χ1) is 8.56. The second-order valence-corrected chi connectivity index (χ2v) is 4.28. The van der Waals surface area contributed by atoms with E-state index in [4.69, 9.17) is 17.3 Å². The van der Waals surface area contributed by atoms with Gasteiger partial charge in [-0.1, -0.05) is 23.7 Å². The highest BCUT2D eigenvalue weighted by Crippen LogP contribution is 2.19. The summed E-state index contributed by atoms with van der Waals surface area (Å²) in [6.45, 7) is -0.170. The first kappa shape index (κ1) is 14.9. The standard InChI is InChI=1S/C12H15ClF2N2O/c13-9-4-1-3-8(11(9)15)7-10(12(16)18)17-6-2-5-14/h1,3-4,10,17H,2,5-7H2,(H2,16,18). The molecule has 0 aromatic heterocycles. The van der Waals surface area contributed by atoms with Crippen LogP contribution in [0.1, 0.15) is 12.0 Å². The zero-order valence-corrected chi connectivity index (χ0v) is 10.5. The van der Waals surface area contributed by atoms with Gasteiger partial charge < -0.3 is 11.1 Å². The molecule has 1 aromatic rings. The zero-order chi connectivity index (χ0) is 13.5. The molecule has 3 nitrogen and oxygen atoms in total. The summed E-state index contributed by atoms with van der Waals surface area (Å²) < 4.78 is 25.6. The summed E-state index contributed by atoms with van der Waals surface area (Å²) in [6.07, 6.45) is 0.371. The molecule has 0 bridgehead atoms. The van der Waals surface area contributed by atoms with Gasteiger partial charge in [-0.2, -0.15) is 0 Å². The minimum atomic E-state index is -0.732. The lowest BCUT2D eigenvalue weighted by molar-refractivity contribution is -0.120. The second kappa shape index (κ2) is 7.28. The highest BCUT2D eigenvalue weighted by Gasteiger charge is 2.18. The SMILES string of the molecule is NC(=O)C(Cc1cccc(Cl)c1F)NCCCF. The quantitative estimate of drug-likeness (QED) is 0.747. The minimum Gasteiger partial charge on any atom is -0.368 e. The number of benzene rings is 1. The summed E-state index contributed by atoms with van der Waals surface area (Å²) in [7, 11) is 0. The van der Waals surface area contributed by atoms with Gasteiger partial charge in [-0.15, -0.1) is 0 Å². The summed E-state index contributed by atoms with van der Waals surface area (Å²) >= 11 is 5.64. The van der Waals surface area contributed by atoms with E-state index in [0.717, 1.165) is 0 Å². The lowest BCUT2D eigenvalue weighted by atomic mass is 10.0. The Morgan fingerprint density at radius 3 is 2.83 bits per heavy atom. The van der Waals surface area contributed by atoms with Gasteiger partial charge in [0.2, 0.25) is 5.91 Å². The van der Waals surface area contributed by atoms with Crippen LogP contribution in [0.25, 0.3) is 0 Å². The van der Waals surface area contributed by atoms with E-state index in [0.29, 0.717) is 12.1 Å². The van der Waals surface area contributed by atoms with Crippen LogP contribution in [0.2, 0.25) is 5.02 Å². The van der Waals surface area contributed by atoms with E-state index in [1.54, 1.807) is 6.07 Å². The van der Waals surface area contributed by atoms with Gasteiger partial charge in [-0.3, -0.25) is 9.18 Å². The molecule has 6 heteroatoms. The van der Waals surface area contributed by atoms with Crippen LogP contribution < -0.4 is 11.1 Å². The number of rotatable bonds is 7. The van der Waals surface area contributed by atoms with Crippen molar-refractivity contribution in [2.24, 2.45) is 5.73 Å². The number of hydrogen-bond donors (Lipinski definition) is 2. The van der Waals surface area contributed by atoms with Crippen molar-refractivity contribution < 1.29 is 13.6 Å². The highest BCUT2D eigenvalue weighted by atomic mass is 35.5. The number of halogens is 3. The Kier molecular flexibility index (Phi) is 6.01. The fourth-order valence-corrected chi connectivity index (χ4v) is 1.74. The number of alkyl halides is 1. The van der Waals surface area contributed by atoms with Crippen LogP contribution in [0.4, 0.5) is 8.78 Å². The molecule has 0 aliphatic heterocycles. The number of nitrogens with two attached hydrogens (primary N) is 1. The van der Waals surface area contributed by atoms with Crippen molar-refractivity contribution in [2.75, 3.05) is 13.2 Å². The molecule has 100 valence electrons. The van der Waals surface area contributed by atoms with Gasteiger partial charge in [0.05, 0.1) is 17.7 Å². The number of carbonyl (C=O) groups is 1. The smallest absolute Gasteiger partial charge is 0.234 e. The largest absolute Gasteiger partial charge is 0.368 e. The minimum absolute atomic E-state index is 0.000483. The zero-order valence-electron chi connectivity index (χ0n) is 9.76. The third-order valence-electron chi connectivity index (χ3n) is 2.50. The van der Waals surface area contributed by atoms with Crippen LogP contribution in [0.5, 0.6) is 0 Å². The van der Waals surface area contributed by atoms with Gasteiger partial charge in [-0.25, -0.2) is 4.39 Å². The Morgan fingerprint density at radius 1 is 1.50 bits per heavy atom. The number of hydrogen-bond acceptors (Lipinski definition) is 2. The predicted octanol–water partition coefficient (Wildman–Crippen LogP) is 1.82. The summed E-state index contributed by atoms with van der Waals surface area (Å²) in [5.74, 6) is -1.16. The third-order valence-corrected chi connectivity index (χ3v) is 2.79. The first-order valence-corrected chi connectivity index (χ1v) is 5.95. The molecule has 18 heavy (non-hydrogen) atoms. The fraction of sp³-hybridized carbons (Fsp3) is 0.417. The maximum atomic E-state index is 13.6. The molecule has 0 radical (unpaired) electrons. The Bertz CT molecular complexity index is 415. The molecule has 1 rings (SSSR count). The van der Waals surface area contributed by atoms with Gasteiger partial charge in [0, 0.05) is 0 Å². The van der Waals surface area contributed by atoms with Crippen LogP contribution >= 0.6 is 11.6 Å². The Hall–Kier alpha value is -1.20. The number of primary amides is 1. The predicted molar refractivity (Wildman–Crippen MR) is 66.7 cm³/mol. The molecule has 1 atom stereocenters. The average Bonchev–Trinajstić information content (AvgIpc) is 2.33. The van der Waals surface area contributed by atoms with Crippen molar-refractivity contribution in [1.29, 1.82) is 0 Å². The van der Waals surface area contributed by atoms with Gasteiger partial charge in [0.25, 0.3) is 0 Å². The van der Waals surface area contributed by atoms with Crippen LogP contribution in [0, 0.1) is 5.82 Å². The number of amides is 1. The summed E-state index contributed by atoms with van der Waals surface area (Å²) in [6, 6.07) is 3.83. The van der Waals surface area contributed by atoms with E-state index in [9.17, 15) is 13.6 Å². The maximum Gasteiger partial charge on any atom is 0.234 e. The molecule has 0 heterocycles. The Labute approximate surface area is 109 Å². The molecule has 0 fully saturated rings. The second-order valence-electron chi connectivity index (χ2n) is 3.87. The summed E-state index contributed by atoms with van der Waals surface area (Å²) in [4.78, 5) is 11.2.